The largest absolute Gasteiger partial charge is 0.361 e. The maximum absolute atomic E-state index is 12.8. The third-order valence-corrected chi connectivity index (χ3v) is 5.23. The normalized spacial score (nSPS) is 15.8. The second-order valence-corrected chi connectivity index (χ2v) is 7.15. The maximum Gasteiger partial charge on any atom is 0.317 e. The lowest BCUT2D eigenvalue weighted by Crippen LogP contribution is -2.43. The van der Waals surface area contributed by atoms with E-state index in [2.05, 4.69) is 17.4 Å². The molecule has 28 heavy (non-hydrogen) atoms. The molecule has 1 atom stereocenters. The Hall–Kier alpha value is -2.83. The van der Waals surface area contributed by atoms with Crippen molar-refractivity contribution in [2.45, 2.75) is 39.7 Å². The lowest BCUT2D eigenvalue weighted by atomic mass is 10.1. The second kappa shape index (κ2) is 8.91. The molecule has 1 aliphatic heterocycles. The predicted molar refractivity (Wildman–Crippen MR) is 106 cm³/mol. The van der Waals surface area contributed by atoms with E-state index in [1.165, 1.54) is 0 Å². The van der Waals surface area contributed by atoms with Crippen LogP contribution in [0.25, 0.3) is 0 Å². The van der Waals surface area contributed by atoms with E-state index in [4.69, 9.17) is 4.52 Å². The number of urea groups is 1. The Labute approximate surface area is 165 Å². The summed E-state index contributed by atoms with van der Waals surface area (Å²) in [4.78, 5) is 29.2. The fourth-order valence-electron chi connectivity index (χ4n) is 3.62. The number of benzene rings is 1. The van der Waals surface area contributed by atoms with Crippen LogP contribution in [0.5, 0.6) is 0 Å². The number of aromatic nitrogens is 1. The minimum Gasteiger partial charge on any atom is -0.361 e. The standard InChI is InChI=1S/C21H28N4O3/c1-4-18(17-9-6-5-7-10-17)22-21(27)25-12-8-11-24(13-14-25)20(26)19-15(2)23-28-16(19)3/h5-7,9-10,18H,4,8,11-14H2,1-3H3,(H,22,27)/t18-/m1/s1. The molecule has 7 nitrogen and oxygen atoms in total. The topological polar surface area (TPSA) is 78.7 Å². The van der Waals surface area contributed by atoms with Crippen molar-refractivity contribution in [1.82, 2.24) is 20.3 Å². The Kier molecular flexibility index (Phi) is 6.34. The van der Waals surface area contributed by atoms with Crippen molar-refractivity contribution in [3.63, 3.8) is 0 Å². The van der Waals surface area contributed by atoms with Gasteiger partial charge in [-0.3, -0.25) is 4.79 Å². The Morgan fingerprint density at radius 3 is 2.43 bits per heavy atom. The van der Waals surface area contributed by atoms with Crippen molar-refractivity contribution in [2.24, 2.45) is 0 Å². The van der Waals surface area contributed by atoms with Crippen LogP contribution in [0.3, 0.4) is 0 Å². The molecule has 0 spiro atoms. The number of aryl methyl sites for hydroxylation is 2. The Bertz CT molecular complexity index is 799. The zero-order valence-corrected chi connectivity index (χ0v) is 16.8. The molecule has 7 heteroatoms. The summed E-state index contributed by atoms with van der Waals surface area (Å²) in [6, 6.07) is 9.89. The third kappa shape index (κ3) is 4.35. The minimum absolute atomic E-state index is 0.0167. The summed E-state index contributed by atoms with van der Waals surface area (Å²) in [5, 5.41) is 7.00. The number of hydrogen-bond donors (Lipinski definition) is 1. The van der Waals surface area contributed by atoms with Gasteiger partial charge in [-0.1, -0.05) is 42.4 Å². The van der Waals surface area contributed by atoms with Gasteiger partial charge >= 0.3 is 6.03 Å². The zero-order valence-electron chi connectivity index (χ0n) is 16.8. The van der Waals surface area contributed by atoms with E-state index in [0.29, 0.717) is 43.2 Å². The van der Waals surface area contributed by atoms with Crippen molar-refractivity contribution in [3.8, 4) is 0 Å². The van der Waals surface area contributed by atoms with Crippen LogP contribution in [0, 0.1) is 13.8 Å². The third-order valence-electron chi connectivity index (χ3n) is 5.23. The summed E-state index contributed by atoms with van der Waals surface area (Å²) in [6.45, 7) is 7.83. The molecule has 0 bridgehead atoms. The summed E-state index contributed by atoms with van der Waals surface area (Å²) in [7, 11) is 0. The fourth-order valence-corrected chi connectivity index (χ4v) is 3.62. The van der Waals surface area contributed by atoms with Crippen molar-refractivity contribution < 1.29 is 14.1 Å². The zero-order chi connectivity index (χ0) is 20.1. The second-order valence-electron chi connectivity index (χ2n) is 7.15. The molecular weight excluding hydrogens is 356 g/mol. The number of nitrogens with one attached hydrogen (secondary N) is 1. The minimum atomic E-state index is -0.0812. The van der Waals surface area contributed by atoms with Crippen molar-refractivity contribution in [3.05, 3.63) is 52.9 Å². The molecule has 1 fully saturated rings. The lowest BCUT2D eigenvalue weighted by Gasteiger charge is -2.25. The molecule has 1 aromatic carbocycles. The first-order valence-corrected chi connectivity index (χ1v) is 9.83. The van der Waals surface area contributed by atoms with E-state index in [1.807, 2.05) is 30.3 Å². The molecule has 1 N–H and O–H groups in total. The van der Waals surface area contributed by atoms with Gasteiger partial charge in [-0.25, -0.2) is 4.79 Å². The molecule has 3 rings (SSSR count). The molecular formula is C21H28N4O3. The summed E-state index contributed by atoms with van der Waals surface area (Å²) in [5.41, 5.74) is 2.24. The van der Waals surface area contributed by atoms with Gasteiger partial charge in [-0.15, -0.1) is 0 Å². The van der Waals surface area contributed by atoms with Gasteiger partial charge in [-0.05, 0) is 32.3 Å². The van der Waals surface area contributed by atoms with Gasteiger partial charge in [0.05, 0.1) is 11.7 Å². The number of rotatable bonds is 4. The van der Waals surface area contributed by atoms with Gasteiger partial charge in [-0.2, -0.15) is 0 Å². The van der Waals surface area contributed by atoms with E-state index in [-0.39, 0.29) is 18.0 Å². The molecule has 3 amide bonds. The van der Waals surface area contributed by atoms with Crippen LogP contribution in [-0.2, 0) is 0 Å². The molecule has 0 unspecified atom stereocenters. The van der Waals surface area contributed by atoms with E-state index in [1.54, 1.807) is 23.6 Å². The van der Waals surface area contributed by atoms with Gasteiger partial charge < -0.3 is 19.6 Å². The number of nitrogens with zero attached hydrogens (tertiary/aromatic N) is 3. The monoisotopic (exact) mass is 384 g/mol. The first-order valence-electron chi connectivity index (χ1n) is 9.83. The number of amides is 3. The van der Waals surface area contributed by atoms with Gasteiger partial charge in [0.25, 0.3) is 5.91 Å². The number of carbonyl (C=O) groups is 2. The highest BCUT2D eigenvalue weighted by molar-refractivity contribution is 5.96. The highest BCUT2D eigenvalue weighted by Gasteiger charge is 2.27. The molecule has 1 aliphatic rings. The Balaban J connectivity index is 1.61. The van der Waals surface area contributed by atoms with E-state index in [0.717, 1.165) is 18.4 Å². The molecule has 150 valence electrons. The Morgan fingerprint density at radius 1 is 1.11 bits per heavy atom. The molecule has 2 heterocycles. The molecule has 0 aliphatic carbocycles. The van der Waals surface area contributed by atoms with E-state index >= 15 is 0 Å². The number of hydrogen-bond acceptors (Lipinski definition) is 4. The average Bonchev–Trinajstić information content (AvgIpc) is 2.90. The fraction of sp³-hybridized carbons (Fsp3) is 0.476. The summed E-state index contributed by atoms with van der Waals surface area (Å²) < 4.78 is 5.12. The van der Waals surface area contributed by atoms with Crippen LogP contribution in [0.1, 0.15) is 53.2 Å². The average molecular weight is 384 g/mol. The van der Waals surface area contributed by atoms with Crippen LogP contribution in [0.15, 0.2) is 34.9 Å². The van der Waals surface area contributed by atoms with Crippen LogP contribution in [0.4, 0.5) is 4.79 Å². The molecule has 1 aromatic heterocycles. The van der Waals surface area contributed by atoms with Gasteiger partial charge in [0, 0.05) is 26.2 Å². The van der Waals surface area contributed by atoms with Crippen LogP contribution in [0.2, 0.25) is 0 Å². The van der Waals surface area contributed by atoms with Crippen LogP contribution >= 0.6 is 0 Å². The van der Waals surface area contributed by atoms with Crippen molar-refractivity contribution in [2.75, 3.05) is 26.2 Å². The first kappa shape index (κ1) is 19.9. The Morgan fingerprint density at radius 2 is 1.79 bits per heavy atom. The number of carbonyl (C=O) groups excluding carboxylic acids is 2. The smallest absolute Gasteiger partial charge is 0.317 e. The molecule has 2 aromatic rings. The maximum atomic E-state index is 12.8. The van der Waals surface area contributed by atoms with Crippen LogP contribution in [-0.4, -0.2) is 53.1 Å². The van der Waals surface area contributed by atoms with Gasteiger partial charge in [0.1, 0.15) is 11.3 Å². The van der Waals surface area contributed by atoms with Crippen molar-refractivity contribution >= 4 is 11.9 Å². The lowest BCUT2D eigenvalue weighted by molar-refractivity contribution is 0.0759. The molecule has 0 radical (unpaired) electrons. The van der Waals surface area contributed by atoms with E-state index < -0.39 is 0 Å². The van der Waals surface area contributed by atoms with Crippen LogP contribution < -0.4 is 5.32 Å². The van der Waals surface area contributed by atoms with Gasteiger partial charge in [0.2, 0.25) is 0 Å². The summed E-state index contributed by atoms with van der Waals surface area (Å²) in [6.07, 6.45) is 1.56. The highest BCUT2D eigenvalue weighted by Crippen LogP contribution is 2.18. The van der Waals surface area contributed by atoms with Gasteiger partial charge in [0.15, 0.2) is 0 Å². The first-order chi connectivity index (χ1) is 13.5. The van der Waals surface area contributed by atoms with E-state index in [9.17, 15) is 9.59 Å². The molecule has 1 saturated heterocycles. The highest BCUT2D eigenvalue weighted by atomic mass is 16.5. The summed E-state index contributed by atoms with van der Waals surface area (Å²) >= 11 is 0. The summed E-state index contributed by atoms with van der Waals surface area (Å²) in [5.74, 6) is 0.462. The predicted octanol–water partition coefficient (Wildman–Crippen LogP) is 3.30. The van der Waals surface area contributed by atoms with Crippen molar-refractivity contribution in [1.29, 1.82) is 0 Å². The molecule has 0 saturated carbocycles. The SMILES string of the molecule is CC[C@@H](NC(=O)N1CCCN(C(=O)c2c(C)noc2C)CC1)c1ccccc1. The quantitative estimate of drug-likeness (QED) is 0.877.